The van der Waals surface area contributed by atoms with Gasteiger partial charge in [-0.1, -0.05) is 18.7 Å². The van der Waals surface area contributed by atoms with Crippen molar-refractivity contribution in [1.29, 1.82) is 0 Å². The van der Waals surface area contributed by atoms with Crippen LogP contribution in [-0.2, 0) is 0 Å². The van der Waals surface area contributed by atoms with Crippen LogP contribution in [0.15, 0.2) is 36.4 Å². The van der Waals surface area contributed by atoms with Gasteiger partial charge in [0.25, 0.3) is 0 Å². The summed E-state index contributed by atoms with van der Waals surface area (Å²) in [6, 6.07) is 6.79. The fraction of sp³-hybridized carbons (Fsp3) is 0.333. The number of benzene rings is 1. The molecule has 0 N–H and O–H groups in total. The molecule has 0 spiro atoms. The molecule has 0 amide bonds. The van der Waals surface area contributed by atoms with Gasteiger partial charge < -0.3 is 4.90 Å². The summed E-state index contributed by atoms with van der Waals surface area (Å²) in [5.74, 6) is 0.441. The lowest BCUT2D eigenvalue weighted by Gasteiger charge is -2.24. The van der Waals surface area contributed by atoms with Crippen molar-refractivity contribution in [1.82, 2.24) is 0 Å². The zero-order chi connectivity index (χ0) is 11.3. The molecule has 1 aromatic carbocycles. The number of likely N-dealkylation sites (N-methyl/N-ethyl adjacent to an activating group) is 1. The first kappa shape index (κ1) is 12.1. The third kappa shape index (κ3) is 3.27. The van der Waals surface area contributed by atoms with Crippen molar-refractivity contribution in [3.8, 4) is 0 Å². The predicted molar refractivity (Wildman–Crippen MR) is 67.3 cm³/mol. The lowest BCUT2D eigenvalue weighted by atomic mass is 10.2. The van der Waals surface area contributed by atoms with Gasteiger partial charge in [-0.05, 0) is 24.6 Å². The van der Waals surface area contributed by atoms with Gasteiger partial charge >= 0.3 is 0 Å². The molecule has 1 nitrogen and oxygen atoms in total. The van der Waals surface area contributed by atoms with Gasteiger partial charge in [-0.25, -0.2) is 4.39 Å². The van der Waals surface area contributed by atoms with E-state index in [0.29, 0.717) is 18.0 Å². The van der Waals surface area contributed by atoms with E-state index in [1.807, 2.05) is 17.9 Å². The topological polar surface area (TPSA) is 3.24 Å². The van der Waals surface area contributed by atoms with E-state index in [0.717, 1.165) is 12.1 Å². The second-order valence-corrected chi connectivity index (χ2v) is 3.69. The summed E-state index contributed by atoms with van der Waals surface area (Å²) >= 11 is 4.15. The summed E-state index contributed by atoms with van der Waals surface area (Å²) in [5, 5.41) is 0. The third-order valence-corrected chi connectivity index (χ3v) is 2.66. The molecular formula is C12H16FNS. The van der Waals surface area contributed by atoms with E-state index in [2.05, 4.69) is 19.2 Å². The Kier molecular flexibility index (Phi) is 4.69. The molecule has 15 heavy (non-hydrogen) atoms. The van der Waals surface area contributed by atoms with Crippen LogP contribution in [0.4, 0.5) is 10.1 Å². The lowest BCUT2D eigenvalue weighted by molar-refractivity contribution is 0.621. The number of anilines is 1. The summed E-state index contributed by atoms with van der Waals surface area (Å²) in [5.41, 5.74) is 1.62. The molecule has 0 bridgehead atoms. The normalized spacial score (nSPS) is 10.1. The SMILES string of the molecule is C=C(CS)CN(CC)c1ccccc1F. The van der Waals surface area contributed by atoms with Crippen molar-refractivity contribution in [2.24, 2.45) is 0 Å². The molecule has 0 aliphatic heterocycles. The van der Waals surface area contributed by atoms with Gasteiger partial charge in [0.15, 0.2) is 0 Å². The van der Waals surface area contributed by atoms with Crippen LogP contribution < -0.4 is 4.90 Å². The van der Waals surface area contributed by atoms with Gasteiger partial charge in [0.1, 0.15) is 5.82 Å². The summed E-state index contributed by atoms with van der Waals surface area (Å²) < 4.78 is 13.5. The van der Waals surface area contributed by atoms with E-state index in [1.165, 1.54) is 6.07 Å². The van der Waals surface area contributed by atoms with E-state index >= 15 is 0 Å². The molecule has 3 heteroatoms. The third-order valence-electron chi connectivity index (χ3n) is 2.21. The molecule has 0 saturated heterocycles. The highest BCUT2D eigenvalue weighted by atomic mass is 32.1. The minimum atomic E-state index is -0.189. The van der Waals surface area contributed by atoms with E-state index < -0.39 is 0 Å². The lowest BCUT2D eigenvalue weighted by Crippen LogP contribution is -2.26. The number of thiol groups is 1. The Balaban J connectivity index is 2.83. The summed E-state index contributed by atoms with van der Waals surface area (Å²) in [4.78, 5) is 1.95. The monoisotopic (exact) mass is 225 g/mol. The van der Waals surface area contributed by atoms with E-state index in [4.69, 9.17) is 0 Å². The van der Waals surface area contributed by atoms with Crippen molar-refractivity contribution >= 4 is 18.3 Å². The first-order chi connectivity index (χ1) is 7.19. The Morgan fingerprint density at radius 3 is 2.67 bits per heavy atom. The predicted octanol–water partition coefficient (Wildman–Crippen LogP) is 3.14. The zero-order valence-corrected chi connectivity index (χ0v) is 9.80. The first-order valence-corrected chi connectivity index (χ1v) is 5.59. The van der Waals surface area contributed by atoms with Crippen molar-refractivity contribution in [2.75, 3.05) is 23.7 Å². The summed E-state index contributed by atoms with van der Waals surface area (Å²) in [6.45, 7) is 7.29. The molecule has 0 fully saturated rings. The number of rotatable bonds is 5. The number of para-hydroxylation sites is 1. The van der Waals surface area contributed by atoms with Crippen molar-refractivity contribution < 1.29 is 4.39 Å². The maximum Gasteiger partial charge on any atom is 0.146 e. The smallest absolute Gasteiger partial charge is 0.146 e. The quantitative estimate of drug-likeness (QED) is 0.595. The molecule has 0 saturated carbocycles. The Hall–Kier alpha value is -0.960. The zero-order valence-electron chi connectivity index (χ0n) is 8.91. The molecule has 0 atom stereocenters. The molecule has 0 unspecified atom stereocenters. The van der Waals surface area contributed by atoms with Crippen LogP contribution in [0.5, 0.6) is 0 Å². The second-order valence-electron chi connectivity index (χ2n) is 3.37. The van der Waals surface area contributed by atoms with E-state index in [-0.39, 0.29) is 5.82 Å². The van der Waals surface area contributed by atoms with E-state index in [1.54, 1.807) is 12.1 Å². The standard InChI is InChI=1S/C12H16FNS/c1-3-14(8-10(2)9-15)12-7-5-4-6-11(12)13/h4-7,15H,2-3,8-9H2,1H3. The average molecular weight is 225 g/mol. The second kappa shape index (κ2) is 5.81. The van der Waals surface area contributed by atoms with Gasteiger partial charge in [-0.15, -0.1) is 0 Å². The van der Waals surface area contributed by atoms with Gasteiger partial charge in [0.2, 0.25) is 0 Å². The molecule has 0 aliphatic carbocycles. The van der Waals surface area contributed by atoms with Crippen molar-refractivity contribution in [2.45, 2.75) is 6.92 Å². The number of halogens is 1. The Morgan fingerprint density at radius 2 is 2.13 bits per heavy atom. The van der Waals surface area contributed by atoms with E-state index in [9.17, 15) is 4.39 Å². The fourth-order valence-electron chi connectivity index (χ4n) is 1.40. The molecule has 0 heterocycles. The fourth-order valence-corrected chi connectivity index (χ4v) is 1.50. The summed E-state index contributed by atoms with van der Waals surface area (Å²) in [7, 11) is 0. The van der Waals surface area contributed by atoms with Gasteiger partial charge in [0, 0.05) is 18.8 Å². The molecule has 0 aromatic heterocycles. The molecule has 1 aromatic rings. The van der Waals surface area contributed by atoms with Crippen LogP contribution >= 0.6 is 12.6 Å². The largest absolute Gasteiger partial charge is 0.365 e. The molecule has 1 rings (SSSR count). The highest BCUT2D eigenvalue weighted by molar-refractivity contribution is 7.80. The Morgan fingerprint density at radius 1 is 1.47 bits per heavy atom. The van der Waals surface area contributed by atoms with Crippen LogP contribution in [-0.4, -0.2) is 18.8 Å². The average Bonchev–Trinajstić information content (AvgIpc) is 2.26. The number of nitrogens with zero attached hydrogens (tertiary/aromatic N) is 1. The van der Waals surface area contributed by atoms with Crippen LogP contribution in [0.3, 0.4) is 0 Å². The first-order valence-electron chi connectivity index (χ1n) is 4.96. The highest BCUT2D eigenvalue weighted by Crippen LogP contribution is 2.19. The maximum absolute atomic E-state index is 13.5. The Bertz CT molecular complexity index is 338. The van der Waals surface area contributed by atoms with Crippen molar-refractivity contribution in [3.63, 3.8) is 0 Å². The highest BCUT2D eigenvalue weighted by Gasteiger charge is 2.09. The van der Waals surface area contributed by atoms with Crippen LogP contribution in [0.2, 0.25) is 0 Å². The number of hydrogen-bond donors (Lipinski definition) is 1. The van der Waals surface area contributed by atoms with Gasteiger partial charge in [-0.3, -0.25) is 0 Å². The molecule has 82 valence electrons. The maximum atomic E-state index is 13.5. The van der Waals surface area contributed by atoms with Crippen LogP contribution in [0.25, 0.3) is 0 Å². The molecule has 0 radical (unpaired) electrons. The minimum absolute atomic E-state index is 0.189. The summed E-state index contributed by atoms with van der Waals surface area (Å²) in [6.07, 6.45) is 0. The Labute approximate surface area is 96.0 Å². The number of hydrogen-bond acceptors (Lipinski definition) is 2. The minimum Gasteiger partial charge on any atom is -0.365 e. The van der Waals surface area contributed by atoms with Crippen molar-refractivity contribution in [3.05, 3.63) is 42.2 Å². The van der Waals surface area contributed by atoms with Crippen LogP contribution in [0, 0.1) is 5.82 Å². The van der Waals surface area contributed by atoms with Crippen LogP contribution in [0.1, 0.15) is 6.92 Å². The molecule has 0 aliphatic rings. The van der Waals surface area contributed by atoms with Gasteiger partial charge in [-0.2, -0.15) is 12.6 Å². The van der Waals surface area contributed by atoms with Gasteiger partial charge in [0.05, 0.1) is 5.69 Å². The molecular weight excluding hydrogens is 209 g/mol.